The van der Waals surface area contributed by atoms with E-state index in [9.17, 15) is 0 Å². The lowest BCUT2D eigenvalue weighted by atomic mass is 10.2. The van der Waals surface area contributed by atoms with Crippen LogP contribution in [0.15, 0.2) is 70.5 Å². The molecule has 2 aromatic heterocycles. The predicted octanol–water partition coefficient (Wildman–Crippen LogP) is 2.74. The van der Waals surface area contributed by atoms with Gasteiger partial charge in [0, 0.05) is 39.1 Å². The van der Waals surface area contributed by atoms with Gasteiger partial charge in [0.1, 0.15) is 12.4 Å². The van der Waals surface area contributed by atoms with Crippen molar-refractivity contribution in [3.8, 4) is 5.69 Å². The third-order valence-electron chi connectivity index (χ3n) is 3.97. The number of nitrogens with zero attached hydrogens (tertiary/aromatic N) is 3. The summed E-state index contributed by atoms with van der Waals surface area (Å²) in [4.78, 5) is 4.24. The Kier molecular flexibility index (Phi) is 7.06. The summed E-state index contributed by atoms with van der Waals surface area (Å²) in [7, 11) is 1.77. The number of hydrogen-bond acceptors (Lipinski definition) is 4. The normalized spacial score (nSPS) is 11.5. The summed E-state index contributed by atoms with van der Waals surface area (Å²) < 4.78 is 12.6. The minimum absolute atomic E-state index is 0.508. The average molecular weight is 367 g/mol. The van der Waals surface area contributed by atoms with E-state index in [1.807, 2.05) is 29.1 Å². The molecule has 0 fully saturated rings. The van der Waals surface area contributed by atoms with E-state index in [-0.39, 0.29) is 0 Å². The van der Waals surface area contributed by atoms with Crippen LogP contribution in [-0.2, 0) is 17.9 Å². The van der Waals surface area contributed by atoms with Gasteiger partial charge in [0.05, 0.1) is 12.0 Å². The van der Waals surface area contributed by atoms with Gasteiger partial charge in [-0.1, -0.05) is 12.1 Å². The molecule has 7 nitrogen and oxygen atoms in total. The number of furan rings is 1. The van der Waals surface area contributed by atoms with Crippen LogP contribution in [0.5, 0.6) is 0 Å². The molecule has 27 heavy (non-hydrogen) atoms. The smallest absolute Gasteiger partial charge is 0.191 e. The molecule has 0 bridgehead atoms. The topological polar surface area (TPSA) is 76.6 Å². The number of hydrogen-bond donors (Lipinski definition) is 2. The zero-order chi connectivity index (χ0) is 18.7. The van der Waals surface area contributed by atoms with Gasteiger partial charge >= 0.3 is 0 Å². The highest BCUT2D eigenvalue weighted by atomic mass is 16.5. The average Bonchev–Trinajstić information content (AvgIpc) is 3.41. The molecule has 1 aromatic carbocycles. The number of aliphatic imine (C=N–C) groups is 1. The molecule has 0 aliphatic carbocycles. The maximum Gasteiger partial charge on any atom is 0.191 e. The van der Waals surface area contributed by atoms with Crippen molar-refractivity contribution in [3.63, 3.8) is 0 Å². The Morgan fingerprint density at radius 1 is 1.19 bits per heavy atom. The Morgan fingerprint density at radius 3 is 2.78 bits per heavy atom. The fourth-order valence-corrected chi connectivity index (χ4v) is 2.54. The highest BCUT2D eigenvalue weighted by Gasteiger charge is 2.01. The van der Waals surface area contributed by atoms with Gasteiger partial charge in [0.15, 0.2) is 5.96 Å². The van der Waals surface area contributed by atoms with Crippen LogP contribution >= 0.6 is 0 Å². The lowest BCUT2D eigenvalue weighted by Gasteiger charge is -2.12. The largest absolute Gasteiger partial charge is 0.467 e. The zero-order valence-electron chi connectivity index (χ0n) is 15.5. The second kappa shape index (κ2) is 10.2. The van der Waals surface area contributed by atoms with E-state index >= 15 is 0 Å². The fourth-order valence-electron chi connectivity index (χ4n) is 2.54. The van der Waals surface area contributed by atoms with Gasteiger partial charge in [0.2, 0.25) is 0 Å². The van der Waals surface area contributed by atoms with Crippen LogP contribution in [0.3, 0.4) is 0 Å². The van der Waals surface area contributed by atoms with E-state index in [2.05, 4.69) is 45.0 Å². The van der Waals surface area contributed by atoms with Crippen molar-refractivity contribution in [2.45, 2.75) is 19.6 Å². The SMILES string of the molecule is CN=C(NCCCOCc1ccco1)NCc1ccc(-n2cccn2)cc1. The van der Waals surface area contributed by atoms with Crippen molar-refractivity contribution in [1.29, 1.82) is 0 Å². The van der Waals surface area contributed by atoms with Crippen molar-refractivity contribution in [2.24, 2.45) is 4.99 Å². The van der Waals surface area contributed by atoms with E-state index in [1.54, 1.807) is 19.5 Å². The van der Waals surface area contributed by atoms with Gasteiger partial charge in [-0.25, -0.2) is 4.68 Å². The molecule has 0 aliphatic rings. The minimum Gasteiger partial charge on any atom is -0.467 e. The van der Waals surface area contributed by atoms with Crippen molar-refractivity contribution in [3.05, 3.63) is 72.4 Å². The highest BCUT2D eigenvalue weighted by molar-refractivity contribution is 5.79. The summed E-state index contributed by atoms with van der Waals surface area (Å²) in [6, 6.07) is 14.0. The van der Waals surface area contributed by atoms with E-state index in [0.29, 0.717) is 19.8 Å². The Bertz CT molecular complexity index is 796. The Hall–Kier alpha value is -3.06. The third kappa shape index (κ3) is 6.00. The van der Waals surface area contributed by atoms with Crippen LogP contribution in [0.2, 0.25) is 0 Å². The molecule has 0 unspecified atom stereocenters. The minimum atomic E-state index is 0.508. The molecule has 0 saturated carbocycles. The van der Waals surface area contributed by atoms with Gasteiger partial charge in [-0.3, -0.25) is 4.99 Å². The molecular weight excluding hydrogens is 342 g/mol. The van der Waals surface area contributed by atoms with Crippen LogP contribution in [0, 0.1) is 0 Å². The van der Waals surface area contributed by atoms with Crippen LogP contribution in [0.1, 0.15) is 17.7 Å². The Balaban J connectivity index is 1.33. The highest BCUT2D eigenvalue weighted by Crippen LogP contribution is 2.08. The van der Waals surface area contributed by atoms with Crippen molar-refractivity contribution >= 4 is 5.96 Å². The van der Waals surface area contributed by atoms with Crippen LogP contribution in [0.25, 0.3) is 5.69 Å². The first-order chi connectivity index (χ1) is 13.3. The van der Waals surface area contributed by atoms with E-state index < -0.39 is 0 Å². The lowest BCUT2D eigenvalue weighted by Crippen LogP contribution is -2.37. The molecule has 3 aromatic rings. The molecule has 0 amide bonds. The van der Waals surface area contributed by atoms with Gasteiger partial charge in [0.25, 0.3) is 0 Å². The maximum atomic E-state index is 5.56. The molecule has 0 spiro atoms. The summed E-state index contributed by atoms with van der Waals surface area (Å²) in [5, 5.41) is 10.8. The summed E-state index contributed by atoms with van der Waals surface area (Å²) in [5.41, 5.74) is 2.22. The third-order valence-corrected chi connectivity index (χ3v) is 3.97. The Morgan fingerprint density at radius 2 is 2.07 bits per heavy atom. The first-order valence-electron chi connectivity index (χ1n) is 8.99. The second-order valence-electron chi connectivity index (χ2n) is 5.96. The quantitative estimate of drug-likeness (QED) is 0.345. The van der Waals surface area contributed by atoms with Gasteiger partial charge in [-0.2, -0.15) is 5.10 Å². The molecule has 7 heteroatoms. The fraction of sp³-hybridized carbons (Fsp3) is 0.300. The number of aromatic nitrogens is 2. The van der Waals surface area contributed by atoms with Crippen molar-refractivity contribution in [1.82, 2.24) is 20.4 Å². The standard InChI is InChI=1S/C20H25N5O2/c1-21-20(22-10-4-13-26-16-19-5-2-14-27-19)23-15-17-6-8-18(9-7-17)25-12-3-11-24-25/h2-3,5-9,11-12,14H,4,10,13,15-16H2,1H3,(H2,21,22,23). The van der Waals surface area contributed by atoms with Crippen molar-refractivity contribution < 1.29 is 9.15 Å². The van der Waals surface area contributed by atoms with Crippen LogP contribution in [-0.4, -0.2) is 35.9 Å². The molecule has 2 N–H and O–H groups in total. The van der Waals surface area contributed by atoms with Crippen LogP contribution < -0.4 is 10.6 Å². The van der Waals surface area contributed by atoms with Crippen molar-refractivity contribution in [2.75, 3.05) is 20.2 Å². The summed E-state index contributed by atoms with van der Waals surface area (Å²) in [5.74, 6) is 1.62. The summed E-state index contributed by atoms with van der Waals surface area (Å²) in [6.07, 6.45) is 6.24. The van der Waals surface area contributed by atoms with E-state index in [4.69, 9.17) is 9.15 Å². The lowest BCUT2D eigenvalue weighted by molar-refractivity contribution is 0.105. The molecule has 3 rings (SSSR count). The molecular formula is C20H25N5O2. The van der Waals surface area contributed by atoms with E-state index in [0.717, 1.165) is 30.4 Å². The molecule has 142 valence electrons. The molecule has 2 heterocycles. The monoisotopic (exact) mass is 367 g/mol. The number of rotatable bonds is 9. The second-order valence-corrected chi connectivity index (χ2v) is 5.96. The summed E-state index contributed by atoms with van der Waals surface area (Å²) in [6.45, 7) is 2.66. The first kappa shape index (κ1) is 18.7. The first-order valence-corrected chi connectivity index (χ1v) is 8.99. The summed E-state index contributed by atoms with van der Waals surface area (Å²) >= 11 is 0. The number of ether oxygens (including phenoxy) is 1. The molecule has 0 radical (unpaired) electrons. The maximum absolute atomic E-state index is 5.56. The van der Waals surface area contributed by atoms with E-state index in [1.165, 1.54) is 5.56 Å². The molecule has 0 saturated heterocycles. The van der Waals surface area contributed by atoms with Gasteiger partial charge in [-0.15, -0.1) is 0 Å². The van der Waals surface area contributed by atoms with Gasteiger partial charge < -0.3 is 19.8 Å². The number of guanidine groups is 1. The molecule has 0 aliphatic heterocycles. The van der Waals surface area contributed by atoms with Gasteiger partial charge in [-0.05, 0) is 42.3 Å². The predicted molar refractivity (Wildman–Crippen MR) is 105 cm³/mol. The number of benzene rings is 1. The molecule has 0 atom stereocenters. The Labute approximate surface area is 159 Å². The van der Waals surface area contributed by atoms with Crippen LogP contribution in [0.4, 0.5) is 0 Å². The number of nitrogens with one attached hydrogen (secondary N) is 2. The zero-order valence-corrected chi connectivity index (χ0v) is 15.5.